The molecule has 0 aromatic heterocycles. The highest BCUT2D eigenvalue weighted by atomic mass is 32.2. The van der Waals surface area contributed by atoms with Gasteiger partial charge in [0.2, 0.25) is 0 Å². The summed E-state index contributed by atoms with van der Waals surface area (Å²) in [5, 5.41) is 11.6. The van der Waals surface area contributed by atoms with E-state index < -0.39 is 0 Å². The lowest BCUT2D eigenvalue weighted by Gasteiger charge is -2.28. The van der Waals surface area contributed by atoms with Gasteiger partial charge >= 0.3 is 0 Å². The summed E-state index contributed by atoms with van der Waals surface area (Å²) in [6.45, 7) is 16.9. The van der Waals surface area contributed by atoms with E-state index in [2.05, 4.69) is 167 Å². The average Bonchev–Trinajstić information content (AvgIpc) is 3.57. The maximum absolute atomic E-state index is 10.9. The first-order chi connectivity index (χ1) is 27.2. The molecule has 278 valence electrons. The second-order valence-electron chi connectivity index (χ2n) is 14.3. The van der Waals surface area contributed by atoms with Gasteiger partial charge in [0, 0.05) is 51.9 Å². The summed E-state index contributed by atoms with van der Waals surface area (Å²) in [4.78, 5) is 11.0. The summed E-state index contributed by atoms with van der Waals surface area (Å²) in [7, 11) is 0. The number of thioether (sulfide) groups is 1. The van der Waals surface area contributed by atoms with Gasteiger partial charge in [-0.05, 0) is 123 Å². The Labute approximate surface area is 337 Å². The molecule has 0 radical (unpaired) electrons. The molecule has 0 amide bonds. The van der Waals surface area contributed by atoms with Crippen molar-refractivity contribution < 1.29 is 0 Å². The van der Waals surface area contributed by atoms with Crippen molar-refractivity contribution in [2.45, 2.75) is 48.5 Å². The number of hydrogen-bond donors (Lipinski definition) is 0. The predicted molar refractivity (Wildman–Crippen MR) is 241 cm³/mol. The van der Waals surface area contributed by atoms with Crippen LogP contribution in [0.3, 0.4) is 0 Å². The van der Waals surface area contributed by atoms with Crippen LogP contribution in [0.5, 0.6) is 0 Å². The van der Waals surface area contributed by atoms with Crippen molar-refractivity contribution in [1.82, 2.24) is 0 Å². The van der Waals surface area contributed by atoms with Gasteiger partial charge in [0.05, 0.1) is 11.3 Å². The monoisotopic (exact) mass is 748 g/mol. The van der Waals surface area contributed by atoms with Crippen molar-refractivity contribution in [2.24, 2.45) is 4.99 Å². The van der Waals surface area contributed by atoms with E-state index in [0.717, 1.165) is 68.5 Å². The highest BCUT2D eigenvalue weighted by molar-refractivity contribution is 8.19. The Bertz CT molecular complexity index is 2370. The molecule has 0 bridgehead atoms. The largest absolute Gasteiger partial charge is 0.341 e. The Hall–Kier alpha value is -6.09. The minimum atomic E-state index is 0.588. The lowest BCUT2D eigenvalue weighted by Crippen LogP contribution is -2.18. The van der Waals surface area contributed by atoms with E-state index >= 15 is 0 Å². The molecule has 0 N–H and O–H groups in total. The minimum Gasteiger partial charge on any atom is -0.341 e. The molecule has 1 aliphatic rings. The first-order valence-electron chi connectivity index (χ1n) is 19.4. The molecule has 1 aliphatic heterocycles. The van der Waals surface area contributed by atoms with Crippen LogP contribution >= 0.6 is 11.8 Å². The van der Waals surface area contributed by atoms with Gasteiger partial charge < -0.3 is 9.80 Å². The predicted octanol–water partition coefficient (Wildman–Crippen LogP) is 13.8. The highest BCUT2D eigenvalue weighted by Gasteiger charge is 2.32. The molecular formula is C51H48N4S. The van der Waals surface area contributed by atoms with E-state index in [9.17, 15) is 5.26 Å². The van der Waals surface area contributed by atoms with Gasteiger partial charge in [-0.1, -0.05) is 121 Å². The van der Waals surface area contributed by atoms with Crippen LogP contribution in [-0.2, 0) is 0 Å². The first kappa shape index (κ1) is 38.2. The highest BCUT2D eigenvalue weighted by Crippen LogP contribution is 2.50. The molecule has 5 heteroatoms. The first-order valence-corrected chi connectivity index (χ1v) is 20.2. The van der Waals surface area contributed by atoms with Crippen LogP contribution in [0.25, 0.3) is 11.1 Å². The van der Waals surface area contributed by atoms with E-state index in [4.69, 9.17) is 4.99 Å². The van der Waals surface area contributed by atoms with Crippen molar-refractivity contribution in [3.05, 3.63) is 195 Å². The van der Waals surface area contributed by atoms with Crippen molar-refractivity contribution in [2.75, 3.05) is 22.9 Å². The average molecular weight is 749 g/mol. The molecule has 0 aliphatic carbocycles. The fourth-order valence-electron chi connectivity index (χ4n) is 7.90. The Balaban J connectivity index is 1.44. The molecule has 6 aromatic carbocycles. The van der Waals surface area contributed by atoms with E-state index in [1.165, 1.54) is 33.6 Å². The number of aryl methyl sites for hydroxylation is 5. The quantitative estimate of drug-likeness (QED) is 0.140. The Kier molecular flexibility index (Phi) is 11.4. The third kappa shape index (κ3) is 7.46. The van der Waals surface area contributed by atoms with Gasteiger partial charge in [-0.25, -0.2) is 4.99 Å². The van der Waals surface area contributed by atoms with Gasteiger partial charge in [-0.2, -0.15) is 5.26 Å². The second kappa shape index (κ2) is 16.7. The molecule has 7 rings (SSSR count). The molecule has 6 aromatic rings. The van der Waals surface area contributed by atoms with Gasteiger partial charge in [0.25, 0.3) is 0 Å². The Morgan fingerprint density at radius 3 is 1.45 bits per heavy atom. The van der Waals surface area contributed by atoms with Crippen LogP contribution in [0, 0.1) is 45.9 Å². The van der Waals surface area contributed by atoms with E-state index in [0.29, 0.717) is 10.6 Å². The number of hydrogen-bond acceptors (Lipinski definition) is 5. The molecule has 0 fully saturated rings. The van der Waals surface area contributed by atoms with E-state index in [-0.39, 0.29) is 0 Å². The smallest absolute Gasteiger partial charge is 0.120 e. The van der Waals surface area contributed by atoms with Crippen LogP contribution in [-0.4, -0.2) is 18.1 Å². The maximum Gasteiger partial charge on any atom is 0.120 e. The number of para-hydroxylation sites is 3. The summed E-state index contributed by atoms with van der Waals surface area (Å²) in [5.74, 6) is 0. The summed E-state index contributed by atoms with van der Waals surface area (Å²) < 4.78 is 0. The van der Waals surface area contributed by atoms with E-state index in [1.54, 1.807) is 11.8 Å². The molecule has 0 saturated carbocycles. The van der Waals surface area contributed by atoms with Crippen LogP contribution in [0.1, 0.15) is 58.4 Å². The summed E-state index contributed by atoms with van der Waals surface area (Å²) >= 11 is 1.59. The summed E-state index contributed by atoms with van der Waals surface area (Å²) in [6.07, 6.45) is 0. The number of nitrogens with zero attached hydrogens (tertiary/aromatic N) is 4. The molecule has 0 saturated heterocycles. The minimum absolute atomic E-state index is 0.588. The van der Waals surface area contributed by atoms with Crippen LogP contribution < -0.4 is 9.80 Å². The van der Waals surface area contributed by atoms with Gasteiger partial charge in [-0.3, -0.25) is 0 Å². The van der Waals surface area contributed by atoms with Crippen LogP contribution in [0.2, 0.25) is 0 Å². The molecule has 0 spiro atoms. The Morgan fingerprint density at radius 2 is 1.00 bits per heavy atom. The topological polar surface area (TPSA) is 42.6 Å². The van der Waals surface area contributed by atoms with Crippen molar-refractivity contribution in [3.63, 3.8) is 0 Å². The fraction of sp³-hybridized carbons (Fsp3) is 0.176. The van der Waals surface area contributed by atoms with Crippen molar-refractivity contribution in [3.8, 4) is 6.07 Å². The molecular weight excluding hydrogens is 701 g/mol. The zero-order chi connectivity index (χ0) is 39.3. The summed E-state index contributed by atoms with van der Waals surface area (Å²) in [5.41, 5.74) is 17.4. The number of aliphatic imine (C=N–C) groups is 1. The molecule has 0 unspecified atom stereocenters. The third-order valence-corrected chi connectivity index (χ3v) is 11.7. The summed E-state index contributed by atoms with van der Waals surface area (Å²) in [6, 6.07) is 51.9. The number of nitriles is 1. The number of rotatable bonds is 10. The second-order valence-corrected chi connectivity index (χ2v) is 15.3. The zero-order valence-corrected chi connectivity index (χ0v) is 34.2. The Morgan fingerprint density at radius 1 is 0.554 bits per heavy atom. The fourth-order valence-corrected chi connectivity index (χ4v) is 9.15. The lowest BCUT2D eigenvalue weighted by molar-refractivity contribution is 1.01. The molecule has 56 heavy (non-hydrogen) atoms. The van der Waals surface area contributed by atoms with Crippen molar-refractivity contribution in [1.29, 1.82) is 5.26 Å². The lowest BCUT2D eigenvalue weighted by atomic mass is 9.91. The zero-order valence-electron chi connectivity index (χ0n) is 33.4. The standard InChI is InChI=1S/C51H48N4S/c1-8-54(48-35(4)18-15-19-36(48)5)42-29-25-40(26-30-42)46(41-27-31-43(32-28-41)55(9-2)49-37(6)20-16-21-38(49)7)50-47(39-22-11-10-12-23-39)44(33-52)51(56-50)53-45-24-14-13-17-34(45)3/h10-32H,8-9H2,1-7H3. The van der Waals surface area contributed by atoms with Gasteiger partial charge in [0.1, 0.15) is 11.1 Å². The SMILES string of the molecule is CCN(c1ccc(C(=C2SC(=Nc3ccccc3C)C(C#N)=C2c2ccccc2)c2ccc(N(CC)c3c(C)cccc3C)cc2)cc1)c1c(C)cccc1C. The maximum atomic E-state index is 10.9. The molecule has 0 atom stereocenters. The number of allylic oxidation sites excluding steroid dienone is 1. The number of anilines is 4. The van der Waals surface area contributed by atoms with Gasteiger partial charge in [-0.15, -0.1) is 0 Å². The molecule has 4 nitrogen and oxygen atoms in total. The third-order valence-electron chi connectivity index (χ3n) is 10.6. The van der Waals surface area contributed by atoms with Crippen LogP contribution in [0.4, 0.5) is 28.4 Å². The normalized spacial score (nSPS) is 13.2. The van der Waals surface area contributed by atoms with Gasteiger partial charge in [0.15, 0.2) is 0 Å². The van der Waals surface area contributed by atoms with E-state index in [1.807, 2.05) is 36.4 Å². The molecule has 1 heterocycles. The van der Waals surface area contributed by atoms with Crippen molar-refractivity contribution >= 4 is 56.4 Å². The van der Waals surface area contributed by atoms with Crippen LogP contribution in [0.15, 0.2) is 155 Å². The number of benzene rings is 6.